The lowest BCUT2D eigenvalue weighted by atomic mass is 9.70. The molecule has 6 rings (SSSR count). The Morgan fingerprint density at radius 3 is 1.97 bits per heavy atom. The van der Waals surface area contributed by atoms with Crippen molar-refractivity contribution >= 4 is 17.2 Å². The average Bonchev–Trinajstić information content (AvgIpc) is 3.34. The summed E-state index contributed by atoms with van der Waals surface area (Å²) in [6.07, 6.45) is 5.44. The maximum Gasteiger partial charge on any atom is 0.224 e. The number of amides is 1. The normalized spacial score (nSPS) is 21.3. The van der Waals surface area contributed by atoms with Gasteiger partial charge in [-0.25, -0.2) is 0 Å². The molecule has 29 heavy (non-hydrogen) atoms. The van der Waals surface area contributed by atoms with Crippen molar-refractivity contribution in [2.45, 2.75) is 43.6 Å². The lowest BCUT2D eigenvalue weighted by Crippen LogP contribution is -2.52. The summed E-state index contributed by atoms with van der Waals surface area (Å²) in [5.41, 5.74) is 1.96. The second kappa shape index (κ2) is 7.79. The van der Waals surface area contributed by atoms with Crippen molar-refractivity contribution in [3.63, 3.8) is 0 Å². The monoisotopic (exact) mass is 401 g/mol. The van der Waals surface area contributed by atoms with Crippen LogP contribution in [0.2, 0.25) is 0 Å². The molecule has 1 amide bonds. The van der Waals surface area contributed by atoms with Crippen LogP contribution in [0.4, 0.5) is 0 Å². The second-order valence-electron chi connectivity index (χ2n) is 8.51. The first-order chi connectivity index (χ1) is 14.3. The predicted molar refractivity (Wildman–Crippen MR) is 119 cm³/mol. The molecule has 3 heteroatoms. The molecule has 0 atom stereocenters. The average molecular weight is 402 g/mol. The van der Waals surface area contributed by atoms with Crippen molar-refractivity contribution < 1.29 is 4.79 Å². The summed E-state index contributed by atoms with van der Waals surface area (Å²) in [7, 11) is 0. The number of rotatable bonds is 5. The molecule has 3 aliphatic rings. The summed E-state index contributed by atoms with van der Waals surface area (Å²) in [5, 5.41) is 2.13. The quantitative estimate of drug-likeness (QED) is 0.523. The number of carbonyl (C=O) groups is 1. The zero-order valence-corrected chi connectivity index (χ0v) is 17.5. The molecule has 148 valence electrons. The number of thiophene rings is 1. The first-order valence-electron chi connectivity index (χ1n) is 10.7. The van der Waals surface area contributed by atoms with Gasteiger partial charge in [0, 0.05) is 23.9 Å². The number of piperidine rings is 2. The van der Waals surface area contributed by atoms with Gasteiger partial charge in [0.1, 0.15) is 0 Å². The van der Waals surface area contributed by atoms with E-state index in [0.717, 1.165) is 6.54 Å². The fraction of sp³-hybridized carbons (Fsp3) is 0.346. The molecule has 2 saturated heterocycles. The minimum Gasteiger partial charge on any atom is -0.339 e. The van der Waals surface area contributed by atoms with Crippen LogP contribution in [0, 0.1) is 5.92 Å². The molecule has 2 bridgehead atoms. The predicted octanol–water partition coefficient (Wildman–Crippen LogP) is 5.87. The minimum absolute atomic E-state index is 0.306. The third-order valence-corrected chi connectivity index (χ3v) is 7.96. The first kappa shape index (κ1) is 18.6. The lowest BCUT2D eigenvalue weighted by Gasteiger charge is -2.46. The summed E-state index contributed by atoms with van der Waals surface area (Å²) < 4.78 is 0. The highest BCUT2D eigenvalue weighted by molar-refractivity contribution is 7.10. The molecular weight excluding hydrogens is 374 g/mol. The molecule has 2 nitrogen and oxygen atoms in total. The van der Waals surface area contributed by atoms with Crippen LogP contribution in [0.5, 0.6) is 0 Å². The number of nitrogens with zero attached hydrogens (tertiary/aromatic N) is 1. The molecule has 0 radical (unpaired) electrons. The maximum absolute atomic E-state index is 13.8. The largest absolute Gasteiger partial charge is 0.339 e. The van der Waals surface area contributed by atoms with Crippen LogP contribution in [0.25, 0.3) is 0 Å². The SMILES string of the molecule is O=C(CC(c1ccccc1)(c1ccccc1)c1cccs1)N1CC2CCC1CC2. The number of carbonyl (C=O) groups excluding carboxylic acids is 1. The van der Waals surface area contributed by atoms with E-state index >= 15 is 0 Å². The van der Waals surface area contributed by atoms with Gasteiger partial charge in [0.15, 0.2) is 0 Å². The zero-order valence-electron chi connectivity index (χ0n) is 16.7. The molecule has 2 aromatic carbocycles. The highest BCUT2D eigenvalue weighted by atomic mass is 32.1. The molecule has 1 aromatic heterocycles. The Morgan fingerprint density at radius 2 is 1.48 bits per heavy atom. The van der Waals surface area contributed by atoms with Crippen LogP contribution in [0.3, 0.4) is 0 Å². The van der Waals surface area contributed by atoms with E-state index in [1.54, 1.807) is 11.3 Å². The van der Waals surface area contributed by atoms with Crippen molar-refractivity contribution in [3.05, 3.63) is 94.2 Å². The summed E-state index contributed by atoms with van der Waals surface area (Å²) >= 11 is 1.75. The summed E-state index contributed by atoms with van der Waals surface area (Å²) in [6.45, 7) is 0.952. The van der Waals surface area contributed by atoms with Gasteiger partial charge in [-0.2, -0.15) is 0 Å². The topological polar surface area (TPSA) is 20.3 Å². The Hall–Kier alpha value is -2.39. The maximum atomic E-state index is 13.8. The minimum atomic E-state index is -0.440. The highest BCUT2D eigenvalue weighted by Crippen LogP contribution is 2.45. The van der Waals surface area contributed by atoms with Gasteiger partial charge in [-0.1, -0.05) is 66.7 Å². The van der Waals surface area contributed by atoms with Gasteiger partial charge >= 0.3 is 0 Å². The molecule has 3 heterocycles. The van der Waals surface area contributed by atoms with Crippen molar-refractivity contribution in [1.82, 2.24) is 4.90 Å². The lowest BCUT2D eigenvalue weighted by molar-refractivity contribution is -0.139. The van der Waals surface area contributed by atoms with Crippen LogP contribution in [0.1, 0.15) is 48.1 Å². The van der Waals surface area contributed by atoms with Gasteiger partial charge in [-0.15, -0.1) is 11.3 Å². The molecule has 3 aromatic rings. The Bertz CT molecular complexity index is 903. The third-order valence-electron chi connectivity index (χ3n) is 6.92. The third kappa shape index (κ3) is 3.32. The summed E-state index contributed by atoms with van der Waals surface area (Å²) in [5.74, 6) is 1.01. The zero-order chi connectivity index (χ0) is 19.7. The fourth-order valence-corrected chi connectivity index (χ4v) is 6.38. The standard InChI is InChI=1S/C26H27NOS/c28-25(27-19-20-13-15-23(27)16-14-20)18-26(24-12-7-17-29-24,21-8-3-1-4-9-21)22-10-5-2-6-11-22/h1-12,17,20,23H,13-16,18-19H2. The van der Waals surface area contributed by atoms with Crippen LogP contribution in [-0.4, -0.2) is 23.4 Å². The first-order valence-corrected chi connectivity index (χ1v) is 11.6. The molecule has 0 unspecified atom stereocenters. The van der Waals surface area contributed by atoms with Gasteiger partial charge < -0.3 is 4.90 Å². The number of benzene rings is 2. The number of hydrogen-bond acceptors (Lipinski definition) is 2. The molecule has 1 aliphatic carbocycles. The molecular formula is C26H27NOS. The van der Waals surface area contributed by atoms with Crippen LogP contribution in [0.15, 0.2) is 78.2 Å². The fourth-order valence-electron chi connectivity index (χ4n) is 5.41. The highest BCUT2D eigenvalue weighted by Gasteiger charge is 2.43. The Balaban J connectivity index is 1.61. The van der Waals surface area contributed by atoms with Crippen molar-refractivity contribution in [3.8, 4) is 0 Å². The smallest absolute Gasteiger partial charge is 0.224 e. The summed E-state index contributed by atoms with van der Waals surface area (Å²) in [6, 6.07) is 26.0. The molecule has 2 aliphatic heterocycles. The van der Waals surface area contributed by atoms with E-state index in [0.29, 0.717) is 24.3 Å². The Kier molecular flexibility index (Phi) is 5.01. The Morgan fingerprint density at radius 1 is 0.862 bits per heavy atom. The van der Waals surface area contributed by atoms with Gasteiger partial charge in [0.25, 0.3) is 0 Å². The molecule has 1 saturated carbocycles. The number of fused-ring (bicyclic) bond motifs is 3. The molecule has 3 fully saturated rings. The van der Waals surface area contributed by atoms with Crippen LogP contribution < -0.4 is 0 Å². The van der Waals surface area contributed by atoms with Gasteiger partial charge in [0.05, 0.1) is 5.41 Å². The van der Waals surface area contributed by atoms with Crippen molar-refractivity contribution in [2.24, 2.45) is 5.92 Å². The second-order valence-corrected chi connectivity index (χ2v) is 9.46. The van der Waals surface area contributed by atoms with Gasteiger partial charge in [-0.05, 0) is 54.2 Å². The van der Waals surface area contributed by atoms with E-state index in [-0.39, 0.29) is 0 Å². The van der Waals surface area contributed by atoms with Crippen molar-refractivity contribution in [2.75, 3.05) is 6.54 Å². The molecule has 0 spiro atoms. The number of hydrogen-bond donors (Lipinski definition) is 0. The van der Waals surface area contributed by atoms with Crippen LogP contribution in [-0.2, 0) is 10.2 Å². The Labute approximate surface area is 177 Å². The van der Waals surface area contributed by atoms with E-state index in [4.69, 9.17) is 0 Å². The van der Waals surface area contributed by atoms with E-state index < -0.39 is 5.41 Å². The molecule has 0 N–H and O–H groups in total. The van der Waals surface area contributed by atoms with Gasteiger partial charge in [-0.3, -0.25) is 4.79 Å². The van der Waals surface area contributed by atoms with Crippen LogP contribution >= 0.6 is 11.3 Å². The summed E-state index contributed by atoms with van der Waals surface area (Å²) in [4.78, 5) is 17.2. The van der Waals surface area contributed by atoms with E-state index in [2.05, 4.69) is 83.1 Å². The van der Waals surface area contributed by atoms with Crippen molar-refractivity contribution in [1.29, 1.82) is 0 Å². The van der Waals surface area contributed by atoms with E-state index in [1.165, 1.54) is 41.7 Å². The van der Waals surface area contributed by atoms with Gasteiger partial charge in [0.2, 0.25) is 5.91 Å². The van der Waals surface area contributed by atoms with E-state index in [1.807, 2.05) is 0 Å². The van der Waals surface area contributed by atoms with E-state index in [9.17, 15) is 4.79 Å².